The fraction of sp³-hybridized carbons (Fsp3) is 0.846. The molecular weight excluding hydrogens is 230 g/mol. The molecule has 1 heterocycles. The number of rotatable bonds is 6. The smallest absolute Gasteiger partial charge is 0.120 e. The molecule has 17 heavy (non-hydrogen) atoms. The van der Waals surface area contributed by atoms with Gasteiger partial charge in [0.05, 0.1) is 0 Å². The van der Waals surface area contributed by atoms with Gasteiger partial charge in [0.1, 0.15) is 10.0 Å². The second-order valence-corrected chi connectivity index (χ2v) is 5.96. The van der Waals surface area contributed by atoms with Crippen LogP contribution in [0.5, 0.6) is 0 Å². The number of hydrogen-bond acceptors (Lipinski definition) is 4. The van der Waals surface area contributed by atoms with Crippen molar-refractivity contribution in [1.29, 1.82) is 0 Å². The van der Waals surface area contributed by atoms with Crippen molar-refractivity contribution in [2.24, 2.45) is 0 Å². The highest BCUT2D eigenvalue weighted by molar-refractivity contribution is 7.11. The highest BCUT2D eigenvalue weighted by Crippen LogP contribution is 2.33. The van der Waals surface area contributed by atoms with Crippen molar-refractivity contribution in [1.82, 2.24) is 15.5 Å². The fourth-order valence-corrected chi connectivity index (χ4v) is 3.39. The first-order valence-corrected chi connectivity index (χ1v) is 7.74. The van der Waals surface area contributed by atoms with Crippen LogP contribution in [0, 0.1) is 0 Å². The summed E-state index contributed by atoms with van der Waals surface area (Å²) >= 11 is 1.84. The maximum absolute atomic E-state index is 4.38. The highest BCUT2D eigenvalue weighted by atomic mass is 32.1. The van der Waals surface area contributed by atoms with Gasteiger partial charge in [0.15, 0.2) is 0 Å². The molecule has 0 radical (unpaired) electrons. The van der Waals surface area contributed by atoms with Gasteiger partial charge in [-0.15, -0.1) is 21.5 Å². The Bertz CT molecular complexity index is 318. The topological polar surface area (TPSA) is 37.8 Å². The lowest BCUT2D eigenvalue weighted by molar-refractivity contribution is 0.440. The summed E-state index contributed by atoms with van der Waals surface area (Å²) in [7, 11) is 0. The van der Waals surface area contributed by atoms with E-state index in [0.29, 0.717) is 5.92 Å². The predicted octanol–water partition coefficient (Wildman–Crippen LogP) is 3.13. The first-order chi connectivity index (χ1) is 8.40. The minimum atomic E-state index is 0.707. The molecule has 1 N–H and O–H groups in total. The van der Waals surface area contributed by atoms with Crippen LogP contribution in [0.3, 0.4) is 0 Å². The molecule has 1 fully saturated rings. The summed E-state index contributed by atoms with van der Waals surface area (Å²) in [5.74, 6) is 0.707. The van der Waals surface area contributed by atoms with Gasteiger partial charge in [-0.25, -0.2) is 0 Å². The van der Waals surface area contributed by atoms with Crippen molar-refractivity contribution in [3.8, 4) is 0 Å². The summed E-state index contributed by atoms with van der Waals surface area (Å²) in [5, 5.41) is 14.6. The van der Waals surface area contributed by atoms with E-state index >= 15 is 0 Å². The molecule has 0 aromatic carbocycles. The van der Waals surface area contributed by atoms with Crippen LogP contribution in [0.15, 0.2) is 0 Å². The van der Waals surface area contributed by atoms with Gasteiger partial charge in [-0.05, 0) is 25.8 Å². The molecule has 2 rings (SSSR count). The molecule has 1 saturated carbocycles. The van der Waals surface area contributed by atoms with Gasteiger partial charge >= 0.3 is 0 Å². The van der Waals surface area contributed by atoms with Gasteiger partial charge in [0, 0.05) is 18.9 Å². The Morgan fingerprint density at radius 2 is 2.00 bits per heavy atom. The van der Waals surface area contributed by atoms with E-state index in [4.69, 9.17) is 0 Å². The van der Waals surface area contributed by atoms with E-state index in [2.05, 4.69) is 22.4 Å². The fourth-order valence-electron chi connectivity index (χ4n) is 2.38. The zero-order valence-corrected chi connectivity index (χ0v) is 11.6. The number of hydrogen-bond donors (Lipinski definition) is 1. The van der Waals surface area contributed by atoms with E-state index in [0.717, 1.165) is 19.5 Å². The Morgan fingerprint density at radius 1 is 1.18 bits per heavy atom. The van der Waals surface area contributed by atoms with Crippen molar-refractivity contribution in [3.63, 3.8) is 0 Å². The molecule has 0 aliphatic heterocycles. The van der Waals surface area contributed by atoms with Crippen LogP contribution in [0.4, 0.5) is 0 Å². The minimum Gasteiger partial charge on any atom is -0.316 e. The normalized spacial score (nSPS) is 17.5. The number of aromatic nitrogens is 2. The zero-order chi connectivity index (χ0) is 11.9. The van der Waals surface area contributed by atoms with Crippen LogP contribution < -0.4 is 5.32 Å². The lowest BCUT2D eigenvalue weighted by atomic mass is 9.90. The summed E-state index contributed by atoms with van der Waals surface area (Å²) in [6, 6.07) is 0. The minimum absolute atomic E-state index is 0.707. The summed E-state index contributed by atoms with van der Waals surface area (Å²) < 4.78 is 0. The maximum Gasteiger partial charge on any atom is 0.120 e. The molecule has 96 valence electrons. The Kier molecular flexibility index (Phi) is 5.39. The van der Waals surface area contributed by atoms with Crippen LogP contribution in [0.1, 0.15) is 61.4 Å². The van der Waals surface area contributed by atoms with Gasteiger partial charge in [-0.1, -0.05) is 26.2 Å². The predicted molar refractivity (Wildman–Crippen MR) is 72.6 cm³/mol. The molecule has 1 aromatic heterocycles. The summed E-state index contributed by atoms with van der Waals surface area (Å²) in [4.78, 5) is 0. The molecule has 1 aromatic rings. The summed E-state index contributed by atoms with van der Waals surface area (Å²) in [6.45, 7) is 4.33. The van der Waals surface area contributed by atoms with E-state index in [9.17, 15) is 0 Å². The Balaban J connectivity index is 1.78. The van der Waals surface area contributed by atoms with Crippen LogP contribution in [0.2, 0.25) is 0 Å². The number of nitrogens with one attached hydrogen (secondary N) is 1. The van der Waals surface area contributed by atoms with E-state index < -0.39 is 0 Å². The molecule has 1 aliphatic carbocycles. The molecule has 0 atom stereocenters. The van der Waals surface area contributed by atoms with Crippen LogP contribution in [-0.4, -0.2) is 23.3 Å². The van der Waals surface area contributed by atoms with Crippen LogP contribution >= 0.6 is 11.3 Å². The molecule has 0 saturated heterocycles. The van der Waals surface area contributed by atoms with E-state index in [1.165, 1.54) is 48.5 Å². The first-order valence-electron chi connectivity index (χ1n) is 6.93. The van der Waals surface area contributed by atoms with Gasteiger partial charge in [0.25, 0.3) is 0 Å². The molecule has 3 nitrogen and oxygen atoms in total. The third-order valence-electron chi connectivity index (χ3n) is 3.38. The summed E-state index contributed by atoms with van der Waals surface area (Å²) in [6.07, 6.45) is 9.03. The third kappa shape index (κ3) is 4.03. The number of nitrogens with zero attached hydrogens (tertiary/aromatic N) is 2. The Morgan fingerprint density at radius 3 is 2.76 bits per heavy atom. The van der Waals surface area contributed by atoms with Gasteiger partial charge in [-0.2, -0.15) is 0 Å². The zero-order valence-electron chi connectivity index (χ0n) is 10.7. The second kappa shape index (κ2) is 7.07. The first kappa shape index (κ1) is 13.0. The van der Waals surface area contributed by atoms with Crippen molar-refractivity contribution in [2.75, 3.05) is 13.1 Å². The molecule has 0 amide bonds. The Hall–Kier alpha value is -0.480. The Labute approximate surface area is 108 Å². The van der Waals surface area contributed by atoms with E-state index in [1.54, 1.807) is 0 Å². The van der Waals surface area contributed by atoms with Crippen molar-refractivity contribution in [3.05, 3.63) is 10.0 Å². The molecule has 0 spiro atoms. The highest BCUT2D eigenvalue weighted by Gasteiger charge is 2.19. The van der Waals surface area contributed by atoms with E-state index in [1.807, 2.05) is 11.3 Å². The summed E-state index contributed by atoms with van der Waals surface area (Å²) in [5.41, 5.74) is 0. The van der Waals surface area contributed by atoms with Crippen molar-refractivity contribution < 1.29 is 0 Å². The molecule has 4 heteroatoms. The monoisotopic (exact) mass is 253 g/mol. The average Bonchev–Trinajstić information content (AvgIpc) is 2.85. The van der Waals surface area contributed by atoms with Gasteiger partial charge in [0.2, 0.25) is 0 Å². The van der Waals surface area contributed by atoms with Crippen LogP contribution in [-0.2, 0) is 6.42 Å². The lowest BCUT2D eigenvalue weighted by Gasteiger charge is -2.18. The van der Waals surface area contributed by atoms with Crippen molar-refractivity contribution >= 4 is 11.3 Å². The van der Waals surface area contributed by atoms with Gasteiger partial charge < -0.3 is 5.32 Å². The lowest BCUT2D eigenvalue weighted by Crippen LogP contribution is -2.17. The quantitative estimate of drug-likeness (QED) is 0.792. The molecule has 1 aliphatic rings. The largest absolute Gasteiger partial charge is 0.316 e. The maximum atomic E-state index is 4.38. The third-order valence-corrected chi connectivity index (χ3v) is 4.52. The van der Waals surface area contributed by atoms with Crippen molar-refractivity contribution in [2.45, 2.75) is 57.8 Å². The molecule has 0 unspecified atom stereocenters. The SMILES string of the molecule is CCCNCCc1nnc(C2CCCCC2)s1. The molecular formula is C13H23N3S. The second-order valence-electron chi connectivity index (χ2n) is 4.87. The molecule has 0 bridgehead atoms. The van der Waals surface area contributed by atoms with Crippen LogP contribution in [0.25, 0.3) is 0 Å². The van der Waals surface area contributed by atoms with E-state index in [-0.39, 0.29) is 0 Å². The standard InChI is InChI=1S/C13H23N3S/c1-2-9-14-10-8-12-15-16-13(17-12)11-6-4-3-5-7-11/h11,14H,2-10H2,1H3. The van der Waals surface area contributed by atoms with Gasteiger partial charge in [-0.3, -0.25) is 0 Å². The average molecular weight is 253 g/mol.